The number of aliphatic hydroxyl groups is 1. The first-order valence-corrected chi connectivity index (χ1v) is 15.8. The van der Waals surface area contributed by atoms with Crippen LogP contribution in [0.5, 0.6) is 0 Å². The summed E-state index contributed by atoms with van der Waals surface area (Å²) in [5.74, 6) is 0.359. The van der Waals surface area contributed by atoms with Crippen LogP contribution in [0.2, 0.25) is 0 Å². The molecule has 2 atom stereocenters. The molecule has 1 N–H and O–H groups in total. The minimum atomic E-state index is -0.462. The van der Waals surface area contributed by atoms with Crippen molar-refractivity contribution >= 4 is 11.8 Å². The smallest absolute Gasteiger partial charge is 0.254 e. The van der Waals surface area contributed by atoms with Gasteiger partial charge in [0, 0.05) is 68.5 Å². The monoisotopic (exact) mass is 581 g/mol. The second-order valence-electron chi connectivity index (χ2n) is 12.2. The van der Waals surface area contributed by atoms with E-state index in [1.165, 1.54) is 0 Å². The van der Waals surface area contributed by atoms with E-state index in [-0.39, 0.29) is 17.7 Å². The average Bonchev–Trinajstić information content (AvgIpc) is 3.08. The van der Waals surface area contributed by atoms with E-state index >= 15 is 0 Å². The van der Waals surface area contributed by atoms with Crippen molar-refractivity contribution in [2.45, 2.75) is 44.9 Å². The normalized spacial score (nSPS) is 21.5. The molecular formula is C35H43N5O3. The molecule has 0 bridgehead atoms. The van der Waals surface area contributed by atoms with Crippen molar-refractivity contribution < 1.29 is 14.7 Å². The van der Waals surface area contributed by atoms with E-state index < -0.39 is 6.23 Å². The molecule has 3 aliphatic heterocycles. The van der Waals surface area contributed by atoms with Crippen LogP contribution >= 0.6 is 0 Å². The lowest BCUT2D eigenvalue weighted by molar-refractivity contribution is -0.141. The Morgan fingerprint density at radius 3 is 1.91 bits per heavy atom. The molecule has 3 aromatic rings. The maximum absolute atomic E-state index is 13.8. The summed E-state index contributed by atoms with van der Waals surface area (Å²) in [6, 6.07) is 24.3. The minimum Gasteiger partial charge on any atom is -0.379 e. The standard InChI is InChI=1S/C35H43N5O3/c1-26(41)37-19-21-39(22-20-37)34(42)29-13-8-16-40(25-29)31-14-17-38(18-15-31)35(43)30-23-32(27-9-4-2-5-10-27)36-33(24-30)28-11-6-3-7-12-28/h2-7,9-12,23-24,26,29,31,41H,8,13-22,25H2,1H3/t26?,29-/m1/s1. The van der Waals surface area contributed by atoms with Gasteiger partial charge in [0.15, 0.2) is 0 Å². The summed E-state index contributed by atoms with van der Waals surface area (Å²) >= 11 is 0. The van der Waals surface area contributed by atoms with Gasteiger partial charge >= 0.3 is 0 Å². The van der Waals surface area contributed by atoms with E-state index in [0.717, 1.165) is 74.4 Å². The number of benzene rings is 2. The van der Waals surface area contributed by atoms with Gasteiger partial charge < -0.3 is 14.9 Å². The van der Waals surface area contributed by atoms with Crippen molar-refractivity contribution in [3.05, 3.63) is 78.4 Å². The molecule has 0 aliphatic carbocycles. The fourth-order valence-corrected chi connectivity index (χ4v) is 6.90. The maximum atomic E-state index is 13.8. The topological polar surface area (TPSA) is 80.2 Å². The second-order valence-corrected chi connectivity index (χ2v) is 12.2. The highest BCUT2D eigenvalue weighted by Gasteiger charge is 2.35. The summed E-state index contributed by atoms with van der Waals surface area (Å²) < 4.78 is 0. The molecule has 8 nitrogen and oxygen atoms in total. The zero-order chi connectivity index (χ0) is 29.8. The SMILES string of the molecule is CC(O)N1CCN(C(=O)[C@@H]2CCCN(C3CCN(C(=O)c4cc(-c5ccccc5)nc(-c5ccccc5)c4)CC3)C2)CC1. The van der Waals surface area contributed by atoms with Gasteiger partial charge in [-0.3, -0.25) is 19.4 Å². The molecule has 2 aromatic carbocycles. The Morgan fingerprint density at radius 1 is 0.767 bits per heavy atom. The van der Waals surface area contributed by atoms with Gasteiger partial charge in [0.25, 0.3) is 5.91 Å². The highest BCUT2D eigenvalue weighted by atomic mass is 16.3. The number of amides is 2. The fourth-order valence-electron chi connectivity index (χ4n) is 6.90. The highest BCUT2D eigenvalue weighted by molar-refractivity contribution is 5.96. The molecular weight excluding hydrogens is 538 g/mol. The van der Waals surface area contributed by atoms with E-state index in [1.54, 1.807) is 6.92 Å². The van der Waals surface area contributed by atoms with Crippen LogP contribution in [0.15, 0.2) is 72.8 Å². The van der Waals surface area contributed by atoms with Crippen LogP contribution in [0.1, 0.15) is 43.0 Å². The Morgan fingerprint density at radius 2 is 1.35 bits per heavy atom. The third-order valence-corrected chi connectivity index (χ3v) is 9.44. The van der Waals surface area contributed by atoms with Gasteiger partial charge in [0.05, 0.1) is 17.3 Å². The number of likely N-dealkylation sites (tertiary alicyclic amines) is 2. The first-order chi connectivity index (χ1) is 21.0. The number of piperazine rings is 1. The van der Waals surface area contributed by atoms with E-state index in [9.17, 15) is 14.7 Å². The lowest BCUT2D eigenvalue weighted by Crippen LogP contribution is -2.55. The Hall–Kier alpha value is -3.59. The van der Waals surface area contributed by atoms with E-state index in [0.29, 0.717) is 37.8 Å². The third-order valence-electron chi connectivity index (χ3n) is 9.44. The number of hydrogen-bond acceptors (Lipinski definition) is 6. The maximum Gasteiger partial charge on any atom is 0.254 e. The molecule has 3 saturated heterocycles. The average molecular weight is 582 g/mol. The molecule has 6 rings (SSSR count). The van der Waals surface area contributed by atoms with Crippen molar-refractivity contribution in [3.63, 3.8) is 0 Å². The number of carbonyl (C=O) groups is 2. The van der Waals surface area contributed by atoms with Crippen molar-refractivity contribution in [1.82, 2.24) is 24.6 Å². The number of rotatable bonds is 6. The number of pyridine rings is 1. The summed E-state index contributed by atoms with van der Waals surface area (Å²) in [6.45, 7) is 7.86. The molecule has 43 heavy (non-hydrogen) atoms. The zero-order valence-corrected chi connectivity index (χ0v) is 25.1. The molecule has 226 valence electrons. The van der Waals surface area contributed by atoms with E-state index in [2.05, 4.69) is 4.90 Å². The molecule has 1 aromatic heterocycles. The first kappa shape index (κ1) is 29.5. The molecule has 1 unspecified atom stereocenters. The molecule has 8 heteroatoms. The number of aromatic nitrogens is 1. The van der Waals surface area contributed by atoms with Gasteiger partial charge in [-0.2, -0.15) is 0 Å². The lowest BCUT2D eigenvalue weighted by Gasteiger charge is -2.43. The number of hydrogen-bond donors (Lipinski definition) is 1. The Kier molecular flexibility index (Phi) is 9.17. The van der Waals surface area contributed by atoms with Crippen LogP contribution in [0, 0.1) is 5.92 Å². The number of carbonyl (C=O) groups excluding carboxylic acids is 2. The van der Waals surface area contributed by atoms with Crippen LogP contribution in [0.25, 0.3) is 22.5 Å². The number of nitrogens with zero attached hydrogens (tertiary/aromatic N) is 5. The van der Waals surface area contributed by atoms with Gasteiger partial charge in [0.1, 0.15) is 6.23 Å². The number of aliphatic hydroxyl groups excluding tert-OH is 1. The Labute approximate surface area is 254 Å². The van der Waals surface area contributed by atoms with Crippen LogP contribution in [-0.4, -0.2) is 106 Å². The van der Waals surface area contributed by atoms with Gasteiger partial charge in [-0.05, 0) is 51.3 Å². The highest BCUT2D eigenvalue weighted by Crippen LogP contribution is 2.29. The van der Waals surface area contributed by atoms with E-state index in [4.69, 9.17) is 4.98 Å². The first-order valence-electron chi connectivity index (χ1n) is 15.8. The predicted molar refractivity (Wildman–Crippen MR) is 168 cm³/mol. The second kappa shape index (κ2) is 13.4. The molecule has 0 saturated carbocycles. The number of piperidine rings is 2. The lowest BCUT2D eigenvalue weighted by atomic mass is 9.92. The van der Waals surface area contributed by atoms with E-state index in [1.807, 2.05) is 87.5 Å². The van der Waals surface area contributed by atoms with Crippen molar-refractivity contribution in [3.8, 4) is 22.5 Å². The van der Waals surface area contributed by atoms with Crippen LogP contribution in [-0.2, 0) is 4.79 Å². The quantitative estimate of drug-likeness (QED) is 0.470. The molecule has 2 amide bonds. The summed E-state index contributed by atoms with van der Waals surface area (Å²) in [4.78, 5) is 40.7. The molecule has 4 heterocycles. The third kappa shape index (κ3) is 6.82. The van der Waals surface area contributed by atoms with Crippen LogP contribution in [0.3, 0.4) is 0 Å². The molecule has 0 spiro atoms. The largest absolute Gasteiger partial charge is 0.379 e. The summed E-state index contributed by atoms with van der Waals surface area (Å²) in [6.07, 6.45) is 3.35. The fraction of sp³-hybridized carbons (Fsp3) is 0.457. The van der Waals surface area contributed by atoms with Gasteiger partial charge in [-0.1, -0.05) is 60.7 Å². The van der Waals surface area contributed by atoms with Gasteiger partial charge in [-0.15, -0.1) is 0 Å². The van der Waals surface area contributed by atoms with Crippen molar-refractivity contribution in [2.75, 3.05) is 52.4 Å². The summed E-state index contributed by atoms with van der Waals surface area (Å²) in [5, 5.41) is 9.85. The minimum absolute atomic E-state index is 0.0381. The predicted octanol–water partition coefficient (Wildman–Crippen LogP) is 4.21. The Balaban J connectivity index is 1.09. The van der Waals surface area contributed by atoms with Gasteiger partial charge in [0.2, 0.25) is 5.91 Å². The van der Waals surface area contributed by atoms with Crippen LogP contribution < -0.4 is 0 Å². The molecule has 3 aliphatic rings. The van der Waals surface area contributed by atoms with Crippen molar-refractivity contribution in [1.29, 1.82) is 0 Å². The summed E-state index contributed by atoms with van der Waals surface area (Å²) in [5.41, 5.74) is 4.26. The zero-order valence-electron chi connectivity index (χ0n) is 25.1. The van der Waals surface area contributed by atoms with Crippen LogP contribution in [0.4, 0.5) is 0 Å². The summed E-state index contributed by atoms with van der Waals surface area (Å²) in [7, 11) is 0. The van der Waals surface area contributed by atoms with Gasteiger partial charge in [-0.25, -0.2) is 4.98 Å². The van der Waals surface area contributed by atoms with Crippen molar-refractivity contribution in [2.24, 2.45) is 5.92 Å². The molecule has 3 fully saturated rings. The molecule has 0 radical (unpaired) electrons. The Bertz CT molecular complexity index is 1330.